The summed E-state index contributed by atoms with van der Waals surface area (Å²) in [5, 5.41) is 7.55. The average molecular weight is 385 g/mol. The largest absolute Gasteiger partial charge is 0.490 e. The van der Waals surface area contributed by atoms with E-state index in [1.807, 2.05) is 25.1 Å². The number of para-hydroxylation sites is 1. The van der Waals surface area contributed by atoms with Crippen LogP contribution in [0.15, 0.2) is 64.6 Å². The highest BCUT2D eigenvalue weighted by Crippen LogP contribution is 2.34. The molecule has 0 aliphatic carbocycles. The maximum absolute atomic E-state index is 12.6. The maximum Gasteiger partial charge on any atom is 0.294 e. The zero-order valence-corrected chi connectivity index (χ0v) is 15.3. The predicted molar refractivity (Wildman–Crippen MR) is 104 cm³/mol. The Bertz CT molecular complexity index is 1020. The molecule has 0 saturated carbocycles. The minimum absolute atomic E-state index is 0.0797. The van der Waals surface area contributed by atoms with E-state index in [9.17, 15) is 4.79 Å². The van der Waals surface area contributed by atoms with E-state index in [-0.39, 0.29) is 10.8 Å². The molecule has 138 valence electrons. The Hall–Kier alpha value is -3.32. The van der Waals surface area contributed by atoms with Crippen molar-refractivity contribution in [3.63, 3.8) is 0 Å². The summed E-state index contributed by atoms with van der Waals surface area (Å²) in [6.07, 6.45) is 2.88. The molecule has 3 rings (SSSR count). The smallest absolute Gasteiger partial charge is 0.294 e. The topological polar surface area (TPSA) is 91.7 Å². The molecule has 1 aromatic heterocycles. The summed E-state index contributed by atoms with van der Waals surface area (Å²) in [4.78, 5) is 12.6. The summed E-state index contributed by atoms with van der Waals surface area (Å²) < 4.78 is 12.6. The van der Waals surface area contributed by atoms with E-state index in [2.05, 4.69) is 10.2 Å². The van der Waals surface area contributed by atoms with Crippen molar-refractivity contribution in [2.24, 2.45) is 10.9 Å². The molecule has 0 aliphatic heterocycles. The van der Waals surface area contributed by atoms with Crippen molar-refractivity contribution in [2.75, 3.05) is 6.61 Å². The number of rotatable bonds is 6. The number of nitrogens with zero attached hydrogens (tertiary/aromatic N) is 3. The second-order valence-electron chi connectivity index (χ2n) is 5.39. The van der Waals surface area contributed by atoms with Crippen LogP contribution in [0, 0.1) is 0 Å². The van der Waals surface area contributed by atoms with Gasteiger partial charge in [-0.2, -0.15) is 14.9 Å². The van der Waals surface area contributed by atoms with Crippen LogP contribution >= 0.6 is 11.6 Å². The van der Waals surface area contributed by atoms with Crippen LogP contribution in [0.4, 0.5) is 0 Å². The third-order valence-corrected chi connectivity index (χ3v) is 3.95. The quantitative estimate of drug-likeness (QED) is 0.399. The lowest BCUT2D eigenvalue weighted by molar-refractivity contribution is 0.321. The van der Waals surface area contributed by atoms with Gasteiger partial charge < -0.3 is 15.3 Å². The van der Waals surface area contributed by atoms with Gasteiger partial charge in [0.15, 0.2) is 22.3 Å². The second-order valence-corrected chi connectivity index (χ2v) is 5.77. The molecule has 8 heteroatoms. The Balaban J connectivity index is 1.97. The Morgan fingerprint density at radius 2 is 1.96 bits per heavy atom. The van der Waals surface area contributed by atoms with Gasteiger partial charge in [-0.25, -0.2) is 0 Å². The second kappa shape index (κ2) is 8.37. The zero-order valence-electron chi connectivity index (χ0n) is 14.5. The van der Waals surface area contributed by atoms with Crippen LogP contribution in [0.25, 0.3) is 5.69 Å². The number of nitrogens with two attached hydrogens (primary N) is 1. The van der Waals surface area contributed by atoms with Crippen molar-refractivity contribution in [1.82, 2.24) is 9.78 Å². The van der Waals surface area contributed by atoms with Gasteiger partial charge in [-0.15, -0.1) is 0 Å². The Morgan fingerprint density at radius 1 is 1.19 bits per heavy atom. The predicted octanol–water partition coefficient (Wildman–Crippen LogP) is 3.37. The third-order valence-electron chi connectivity index (χ3n) is 3.60. The highest BCUT2D eigenvalue weighted by atomic mass is 35.5. The molecule has 1 heterocycles. The maximum atomic E-state index is 12.6. The minimum atomic E-state index is -0.481. The van der Waals surface area contributed by atoms with Crippen LogP contribution in [0.5, 0.6) is 17.2 Å². The Kier molecular flexibility index (Phi) is 5.73. The number of hydrazone groups is 1. The summed E-state index contributed by atoms with van der Waals surface area (Å²) in [6.45, 7) is 2.28. The van der Waals surface area contributed by atoms with Crippen LogP contribution < -0.4 is 20.9 Å². The van der Waals surface area contributed by atoms with E-state index in [1.165, 1.54) is 17.1 Å². The van der Waals surface area contributed by atoms with Crippen LogP contribution in [0.2, 0.25) is 5.02 Å². The molecule has 0 spiro atoms. The van der Waals surface area contributed by atoms with Crippen molar-refractivity contribution in [3.8, 4) is 22.9 Å². The van der Waals surface area contributed by atoms with Crippen molar-refractivity contribution < 1.29 is 9.47 Å². The summed E-state index contributed by atoms with van der Waals surface area (Å²) >= 11 is 6.23. The van der Waals surface area contributed by atoms with E-state index < -0.39 is 5.56 Å². The van der Waals surface area contributed by atoms with Gasteiger partial charge in [-0.05, 0) is 42.8 Å². The van der Waals surface area contributed by atoms with E-state index in [1.54, 1.807) is 30.3 Å². The molecule has 0 saturated heterocycles. The summed E-state index contributed by atoms with van der Waals surface area (Å²) in [7, 11) is 0. The van der Waals surface area contributed by atoms with Gasteiger partial charge in [0.2, 0.25) is 0 Å². The molecule has 0 amide bonds. The lowest BCUT2D eigenvalue weighted by Crippen LogP contribution is -2.21. The number of ether oxygens (including phenoxy) is 2. The first-order valence-electron chi connectivity index (χ1n) is 8.15. The number of hydrogen-bond acceptors (Lipinski definition) is 6. The summed E-state index contributed by atoms with van der Waals surface area (Å²) in [6, 6.07) is 14.1. The van der Waals surface area contributed by atoms with Crippen LogP contribution in [0.3, 0.4) is 0 Å². The zero-order chi connectivity index (χ0) is 19.2. The van der Waals surface area contributed by atoms with Crippen molar-refractivity contribution in [3.05, 3.63) is 75.7 Å². The number of benzene rings is 2. The molecule has 0 fully saturated rings. The highest BCUT2D eigenvalue weighted by molar-refractivity contribution is 6.31. The van der Waals surface area contributed by atoms with Crippen LogP contribution in [0.1, 0.15) is 12.5 Å². The molecule has 7 nitrogen and oxygen atoms in total. The first-order chi connectivity index (χ1) is 13.1. The molecular weight excluding hydrogens is 368 g/mol. The normalized spacial score (nSPS) is 10.9. The van der Waals surface area contributed by atoms with Gasteiger partial charge in [0.1, 0.15) is 0 Å². The van der Waals surface area contributed by atoms with E-state index >= 15 is 0 Å². The van der Waals surface area contributed by atoms with Gasteiger partial charge in [-0.3, -0.25) is 4.79 Å². The average Bonchev–Trinajstić information content (AvgIpc) is 2.68. The van der Waals surface area contributed by atoms with Gasteiger partial charge in [0, 0.05) is 0 Å². The molecule has 2 aromatic carbocycles. The molecule has 3 aromatic rings. The van der Waals surface area contributed by atoms with Gasteiger partial charge in [0.25, 0.3) is 5.56 Å². The molecule has 0 radical (unpaired) electrons. The molecule has 2 N–H and O–H groups in total. The molecule has 0 aliphatic rings. The van der Waals surface area contributed by atoms with Crippen molar-refractivity contribution in [2.45, 2.75) is 6.92 Å². The summed E-state index contributed by atoms with van der Waals surface area (Å²) in [5.41, 5.74) is 0.874. The number of hydrogen-bond donors (Lipinski definition) is 1. The molecule has 0 unspecified atom stereocenters. The lowest BCUT2D eigenvalue weighted by atomic mass is 10.2. The van der Waals surface area contributed by atoms with Crippen molar-refractivity contribution >= 4 is 17.8 Å². The Labute approximate surface area is 160 Å². The fraction of sp³-hybridized carbons (Fsp3) is 0.105. The fourth-order valence-corrected chi connectivity index (χ4v) is 2.57. The first kappa shape index (κ1) is 18.5. The van der Waals surface area contributed by atoms with Crippen LogP contribution in [-0.2, 0) is 0 Å². The standard InChI is InChI=1S/C19H17ClN4O3/c1-2-26-16-10-13(11-22-21)8-9-15(16)27-17-12-23-24(19(25)18(17)20)14-6-4-3-5-7-14/h3-12H,2,21H2,1H3. The van der Waals surface area contributed by atoms with E-state index in [0.717, 1.165) is 5.56 Å². The van der Waals surface area contributed by atoms with Crippen LogP contribution in [-0.4, -0.2) is 22.6 Å². The number of halogens is 1. The summed E-state index contributed by atoms with van der Waals surface area (Å²) in [5.74, 6) is 6.18. The monoisotopic (exact) mass is 384 g/mol. The first-order valence-corrected chi connectivity index (χ1v) is 8.53. The molecule has 27 heavy (non-hydrogen) atoms. The van der Waals surface area contributed by atoms with Gasteiger partial charge >= 0.3 is 0 Å². The van der Waals surface area contributed by atoms with E-state index in [0.29, 0.717) is 23.8 Å². The molecular formula is C19H17ClN4O3. The fourth-order valence-electron chi connectivity index (χ4n) is 2.40. The molecule has 0 bridgehead atoms. The highest BCUT2D eigenvalue weighted by Gasteiger charge is 2.15. The van der Waals surface area contributed by atoms with Gasteiger partial charge in [0.05, 0.1) is 24.7 Å². The third kappa shape index (κ3) is 4.09. The van der Waals surface area contributed by atoms with Gasteiger partial charge in [-0.1, -0.05) is 29.8 Å². The Morgan fingerprint density at radius 3 is 2.67 bits per heavy atom. The van der Waals surface area contributed by atoms with Crippen molar-refractivity contribution in [1.29, 1.82) is 0 Å². The minimum Gasteiger partial charge on any atom is -0.490 e. The number of aromatic nitrogens is 2. The lowest BCUT2D eigenvalue weighted by Gasteiger charge is -2.13. The molecule has 0 atom stereocenters. The van der Waals surface area contributed by atoms with E-state index in [4.69, 9.17) is 26.9 Å². The SMILES string of the molecule is CCOc1cc(C=NN)ccc1Oc1cnn(-c2ccccc2)c(=O)c1Cl.